The quantitative estimate of drug-likeness (QED) is 0.465. The Balaban J connectivity index is 1.98. The van der Waals surface area contributed by atoms with Crippen molar-refractivity contribution in [2.24, 2.45) is 0 Å². The number of sulfonamides is 1. The van der Waals surface area contributed by atoms with Gasteiger partial charge in [0, 0.05) is 6.54 Å². The van der Waals surface area contributed by atoms with Crippen molar-refractivity contribution >= 4 is 21.6 Å². The van der Waals surface area contributed by atoms with Gasteiger partial charge in [0.25, 0.3) is 0 Å². The number of halogens is 3. The topological polar surface area (TPSA) is 66.5 Å². The molecule has 5 nitrogen and oxygen atoms in total. The number of hydrogen-bond acceptors (Lipinski definition) is 3. The first-order valence-electron chi connectivity index (χ1n) is 10.5. The molecule has 0 radical (unpaired) electrons. The van der Waals surface area contributed by atoms with E-state index in [0.29, 0.717) is 22.8 Å². The van der Waals surface area contributed by atoms with Gasteiger partial charge in [0.05, 0.1) is 17.1 Å². The van der Waals surface area contributed by atoms with E-state index in [9.17, 15) is 26.4 Å². The maximum atomic E-state index is 14.0. The van der Waals surface area contributed by atoms with Crippen LogP contribution in [0.5, 0.6) is 0 Å². The number of nitrogens with one attached hydrogen (secondary N) is 1. The van der Waals surface area contributed by atoms with Crippen LogP contribution >= 0.6 is 0 Å². The summed E-state index contributed by atoms with van der Waals surface area (Å²) in [7, 11) is -4.16. The summed E-state index contributed by atoms with van der Waals surface area (Å²) < 4.78 is 69.1. The van der Waals surface area contributed by atoms with Gasteiger partial charge in [0.1, 0.15) is 0 Å². The maximum Gasteiger partial charge on any atom is 0.244 e. The van der Waals surface area contributed by atoms with Crippen LogP contribution in [-0.2, 0) is 21.4 Å². The average molecular weight is 491 g/mol. The number of carbonyl (C=O) groups excluding carboxylic acids is 1. The van der Waals surface area contributed by atoms with Crippen molar-refractivity contribution < 1.29 is 26.4 Å². The molecule has 1 amide bonds. The van der Waals surface area contributed by atoms with Crippen LogP contribution in [0.1, 0.15) is 27.8 Å². The molecule has 3 rings (SSSR count). The van der Waals surface area contributed by atoms with E-state index in [1.165, 1.54) is 0 Å². The van der Waals surface area contributed by atoms with Gasteiger partial charge in [0.2, 0.25) is 15.9 Å². The Morgan fingerprint density at radius 1 is 0.853 bits per heavy atom. The summed E-state index contributed by atoms with van der Waals surface area (Å²) in [6, 6.07) is 12.2. The summed E-state index contributed by atoms with van der Waals surface area (Å²) in [5.41, 5.74) is 2.99. The first kappa shape index (κ1) is 25.5. The molecule has 0 saturated carbocycles. The van der Waals surface area contributed by atoms with E-state index in [1.807, 2.05) is 26.0 Å². The lowest BCUT2D eigenvalue weighted by atomic mass is 10.1. The van der Waals surface area contributed by atoms with Gasteiger partial charge in [-0.3, -0.25) is 4.79 Å². The predicted octanol–water partition coefficient (Wildman–Crippen LogP) is 5.17. The molecule has 3 aromatic rings. The van der Waals surface area contributed by atoms with Gasteiger partial charge in [0.15, 0.2) is 17.5 Å². The fourth-order valence-electron chi connectivity index (χ4n) is 3.80. The Morgan fingerprint density at radius 3 is 2.03 bits per heavy atom. The first-order chi connectivity index (χ1) is 15.9. The molecule has 0 saturated heterocycles. The zero-order valence-electron chi connectivity index (χ0n) is 19.2. The number of nitrogens with zero attached hydrogens (tertiary/aromatic N) is 1. The van der Waals surface area contributed by atoms with E-state index >= 15 is 0 Å². The van der Waals surface area contributed by atoms with Crippen LogP contribution in [0.25, 0.3) is 0 Å². The molecule has 0 bridgehead atoms. The Hall–Kier alpha value is -3.17. The minimum atomic E-state index is -4.16. The Kier molecular flexibility index (Phi) is 7.48. The van der Waals surface area contributed by atoms with Crippen LogP contribution in [0, 0.1) is 45.1 Å². The molecule has 0 aliphatic rings. The lowest BCUT2D eigenvalue weighted by Gasteiger charge is -2.24. The molecular weight excluding hydrogens is 465 g/mol. The normalized spacial score (nSPS) is 11.6. The van der Waals surface area contributed by atoms with Crippen molar-refractivity contribution in [1.29, 1.82) is 0 Å². The van der Waals surface area contributed by atoms with Gasteiger partial charge >= 0.3 is 0 Å². The number of amides is 1. The maximum absolute atomic E-state index is 14.0. The van der Waals surface area contributed by atoms with Crippen LogP contribution in [0.3, 0.4) is 0 Å². The van der Waals surface area contributed by atoms with Gasteiger partial charge in [-0.05, 0) is 56.5 Å². The second kappa shape index (κ2) is 9.99. The molecule has 0 fully saturated rings. The monoisotopic (exact) mass is 490 g/mol. The van der Waals surface area contributed by atoms with Crippen molar-refractivity contribution in [3.8, 4) is 0 Å². The van der Waals surface area contributed by atoms with E-state index in [-0.39, 0.29) is 11.4 Å². The minimum Gasteiger partial charge on any atom is -0.322 e. The van der Waals surface area contributed by atoms with Crippen molar-refractivity contribution in [3.05, 3.63) is 93.8 Å². The fourth-order valence-corrected chi connectivity index (χ4v) is 5.59. The van der Waals surface area contributed by atoms with Crippen LogP contribution < -0.4 is 5.32 Å². The second-order valence-corrected chi connectivity index (χ2v) is 10.1. The smallest absolute Gasteiger partial charge is 0.244 e. The Labute approximate surface area is 197 Å². The van der Waals surface area contributed by atoms with Gasteiger partial charge in [-0.2, -0.15) is 4.31 Å². The molecule has 3 aromatic carbocycles. The molecule has 180 valence electrons. The van der Waals surface area contributed by atoms with Crippen LogP contribution in [0.15, 0.2) is 53.4 Å². The molecule has 0 aromatic heterocycles. The number of aryl methyl sites for hydroxylation is 4. The number of benzene rings is 3. The molecule has 0 aliphatic heterocycles. The van der Waals surface area contributed by atoms with E-state index in [4.69, 9.17) is 0 Å². The highest BCUT2D eigenvalue weighted by Crippen LogP contribution is 2.27. The highest BCUT2D eigenvalue weighted by molar-refractivity contribution is 7.89. The SMILES string of the molecule is Cc1ccc(CN(CC(=O)Nc2ccc(F)c(F)c2F)S(=O)(=O)c2c(C)cc(C)cc2C)cc1. The third-order valence-corrected chi connectivity index (χ3v) is 7.41. The van der Waals surface area contributed by atoms with E-state index in [0.717, 1.165) is 21.5 Å². The number of carbonyl (C=O) groups is 1. The first-order valence-corrected chi connectivity index (χ1v) is 11.9. The second-order valence-electron chi connectivity index (χ2n) is 8.26. The largest absolute Gasteiger partial charge is 0.322 e. The van der Waals surface area contributed by atoms with Gasteiger partial charge in [-0.25, -0.2) is 21.6 Å². The van der Waals surface area contributed by atoms with Crippen molar-refractivity contribution in [1.82, 2.24) is 4.31 Å². The van der Waals surface area contributed by atoms with E-state index < -0.39 is 45.6 Å². The molecule has 0 unspecified atom stereocenters. The molecular formula is C25H25F3N2O3S. The van der Waals surface area contributed by atoms with Crippen LogP contribution in [-0.4, -0.2) is 25.2 Å². The van der Waals surface area contributed by atoms with Gasteiger partial charge in [-0.15, -0.1) is 0 Å². The Bertz CT molecular complexity index is 1320. The van der Waals surface area contributed by atoms with Gasteiger partial charge in [-0.1, -0.05) is 47.5 Å². The molecule has 0 heterocycles. The average Bonchev–Trinajstić information content (AvgIpc) is 2.74. The number of hydrogen-bond donors (Lipinski definition) is 1. The molecule has 0 aliphatic carbocycles. The predicted molar refractivity (Wildman–Crippen MR) is 124 cm³/mol. The highest BCUT2D eigenvalue weighted by Gasteiger charge is 2.30. The van der Waals surface area contributed by atoms with E-state index in [1.54, 1.807) is 38.1 Å². The molecule has 0 spiro atoms. The van der Waals surface area contributed by atoms with Crippen LogP contribution in [0.2, 0.25) is 0 Å². The number of rotatable bonds is 7. The fraction of sp³-hybridized carbons (Fsp3) is 0.240. The summed E-state index contributed by atoms with van der Waals surface area (Å²) in [6.07, 6.45) is 0. The van der Waals surface area contributed by atoms with Gasteiger partial charge < -0.3 is 5.32 Å². The zero-order chi connectivity index (χ0) is 25.2. The highest BCUT2D eigenvalue weighted by atomic mass is 32.2. The lowest BCUT2D eigenvalue weighted by molar-refractivity contribution is -0.116. The number of anilines is 1. The lowest BCUT2D eigenvalue weighted by Crippen LogP contribution is -2.38. The summed E-state index contributed by atoms with van der Waals surface area (Å²) in [6.45, 7) is 6.30. The summed E-state index contributed by atoms with van der Waals surface area (Å²) in [5.74, 6) is -5.59. The molecule has 9 heteroatoms. The summed E-state index contributed by atoms with van der Waals surface area (Å²) in [5, 5.41) is 2.14. The molecule has 34 heavy (non-hydrogen) atoms. The molecule has 1 N–H and O–H groups in total. The summed E-state index contributed by atoms with van der Waals surface area (Å²) in [4.78, 5) is 12.8. The third-order valence-electron chi connectivity index (χ3n) is 5.31. The standard InChI is InChI=1S/C25H25F3N2O3S/c1-15-5-7-19(8-6-15)13-30(34(32,33)25-17(3)11-16(2)12-18(25)4)14-22(31)29-21-10-9-20(26)23(27)24(21)28/h5-12H,13-14H2,1-4H3,(H,29,31). The van der Waals surface area contributed by atoms with Crippen molar-refractivity contribution in [2.75, 3.05) is 11.9 Å². The van der Waals surface area contributed by atoms with Crippen molar-refractivity contribution in [3.63, 3.8) is 0 Å². The van der Waals surface area contributed by atoms with Crippen LogP contribution in [0.4, 0.5) is 18.9 Å². The minimum absolute atomic E-state index is 0.0806. The zero-order valence-corrected chi connectivity index (χ0v) is 20.1. The molecule has 0 atom stereocenters. The Morgan fingerprint density at radius 2 is 1.44 bits per heavy atom. The van der Waals surface area contributed by atoms with Crippen molar-refractivity contribution in [2.45, 2.75) is 39.1 Å². The van der Waals surface area contributed by atoms with E-state index in [2.05, 4.69) is 5.32 Å². The summed E-state index contributed by atoms with van der Waals surface area (Å²) >= 11 is 0. The third kappa shape index (κ3) is 5.48.